The van der Waals surface area contributed by atoms with Crippen LogP contribution in [0.25, 0.3) is 11.4 Å². The molecule has 0 aliphatic heterocycles. The lowest BCUT2D eigenvalue weighted by Gasteiger charge is -2.20. The highest BCUT2D eigenvalue weighted by Crippen LogP contribution is 2.32. The monoisotopic (exact) mass is 431 g/mol. The van der Waals surface area contributed by atoms with E-state index in [1.807, 2.05) is 18.2 Å². The summed E-state index contributed by atoms with van der Waals surface area (Å²) in [7, 11) is 0. The van der Waals surface area contributed by atoms with Gasteiger partial charge in [0.25, 0.3) is 11.6 Å². The number of hydrogen-bond donors (Lipinski definition) is 0. The van der Waals surface area contributed by atoms with Crippen LogP contribution in [0.4, 0.5) is 5.69 Å². The van der Waals surface area contributed by atoms with Crippen LogP contribution in [-0.2, 0) is 12.0 Å². The van der Waals surface area contributed by atoms with Crippen molar-refractivity contribution < 1.29 is 14.2 Å². The number of rotatable bonds is 5. The lowest BCUT2D eigenvalue weighted by molar-refractivity contribution is -0.384. The second-order valence-corrected chi connectivity index (χ2v) is 7.85. The lowest BCUT2D eigenvalue weighted by Crippen LogP contribution is -2.11. The zero-order valence-electron chi connectivity index (χ0n) is 15.1. The van der Waals surface area contributed by atoms with Crippen LogP contribution in [0.3, 0.4) is 0 Å². The molecule has 7 nitrogen and oxygen atoms in total. The lowest BCUT2D eigenvalue weighted by atomic mass is 9.87. The van der Waals surface area contributed by atoms with Gasteiger partial charge in [-0.3, -0.25) is 10.1 Å². The molecule has 1 heterocycles. The van der Waals surface area contributed by atoms with E-state index in [-0.39, 0.29) is 17.7 Å². The minimum absolute atomic E-state index is 0.00866. The third-order valence-electron chi connectivity index (χ3n) is 3.95. The molecule has 0 saturated heterocycles. The van der Waals surface area contributed by atoms with E-state index in [4.69, 9.17) is 9.26 Å². The molecule has 8 heteroatoms. The van der Waals surface area contributed by atoms with Crippen molar-refractivity contribution in [2.45, 2.75) is 32.8 Å². The Morgan fingerprint density at radius 3 is 2.48 bits per heavy atom. The second kappa shape index (κ2) is 7.48. The zero-order valence-corrected chi connectivity index (χ0v) is 16.7. The highest BCUT2D eigenvalue weighted by atomic mass is 79.9. The molecule has 0 aliphatic carbocycles. The van der Waals surface area contributed by atoms with Crippen molar-refractivity contribution in [1.82, 2.24) is 10.1 Å². The Kier molecular flexibility index (Phi) is 5.27. The van der Waals surface area contributed by atoms with Gasteiger partial charge in [-0.25, -0.2) is 0 Å². The van der Waals surface area contributed by atoms with Crippen LogP contribution in [0.2, 0.25) is 0 Å². The van der Waals surface area contributed by atoms with Gasteiger partial charge in [-0.15, -0.1) is 0 Å². The maximum absolute atomic E-state index is 10.7. The van der Waals surface area contributed by atoms with Gasteiger partial charge in [-0.1, -0.05) is 32.0 Å². The third kappa shape index (κ3) is 4.51. The molecule has 0 atom stereocenters. The molecule has 0 amide bonds. The molecule has 0 spiro atoms. The Morgan fingerprint density at radius 2 is 1.89 bits per heavy atom. The van der Waals surface area contributed by atoms with Crippen molar-refractivity contribution in [1.29, 1.82) is 0 Å². The Morgan fingerprint density at radius 1 is 1.19 bits per heavy atom. The molecular weight excluding hydrogens is 414 g/mol. The van der Waals surface area contributed by atoms with Crippen LogP contribution in [0.15, 0.2) is 51.5 Å². The van der Waals surface area contributed by atoms with Crippen LogP contribution in [0, 0.1) is 10.1 Å². The summed E-state index contributed by atoms with van der Waals surface area (Å²) in [4.78, 5) is 14.5. The molecule has 0 radical (unpaired) electrons. The van der Waals surface area contributed by atoms with Crippen molar-refractivity contribution in [2.24, 2.45) is 0 Å². The number of aromatic nitrogens is 2. The van der Waals surface area contributed by atoms with E-state index in [0.717, 1.165) is 4.47 Å². The highest BCUT2D eigenvalue weighted by Gasteiger charge is 2.16. The summed E-state index contributed by atoms with van der Waals surface area (Å²) in [6.07, 6.45) is 0. The van der Waals surface area contributed by atoms with Crippen molar-refractivity contribution >= 4 is 21.6 Å². The number of nitro groups is 1. The molecule has 27 heavy (non-hydrogen) atoms. The van der Waals surface area contributed by atoms with Crippen LogP contribution >= 0.6 is 15.9 Å². The van der Waals surface area contributed by atoms with Gasteiger partial charge < -0.3 is 9.26 Å². The summed E-state index contributed by atoms with van der Waals surface area (Å²) in [6, 6.07) is 11.9. The summed E-state index contributed by atoms with van der Waals surface area (Å²) in [5.74, 6) is 1.35. The molecule has 0 saturated carbocycles. The molecule has 0 aliphatic rings. The van der Waals surface area contributed by atoms with Gasteiger partial charge in [0.05, 0.1) is 9.40 Å². The van der Waals surface area contributed by atoms with E-state index in [9.17, 15) is 10.1 Å². The Balaban J connectivity index is 1.69. The molecule has 3 aromatic rings. The fraction of sp³-hybridized carbons (Fsp3) is 0.263. The van der Waals surface area contributed by atoms with Crippen LogP contribution in [0.5, 0.6) is 5.75 Å². The van der Waals surface area contributed by atoms with Gasteiger partial charge in [0.2, 0.25) is 5.82 Å². The number of nitrogens with zero attached hydrogens (tertiary/aromatic N) is 3. The number of ether oxygens (including phenoxy) is 1. The topological polar surface area (TPSA) is 91.3 Å². The number of nitro benzene ring substituents is 1. The fourth-order valence-electron chi connectivity index (χ4n) is 2.39. The zero-order chi connectivity index (χ0) is 19.6. The summed E-state index contributed by atoms with van der Waals surface area (Å²) in [6.45, 7) is 6.56. The molecule has 140 valence electrons. The van der Waals surface area contributed by atoms with Crippen molar-refractivity contribution in [3.8, 4) is 17.1 Å². The maximum Gasteiger partial charge on any atom is 0.269 e. The SMILES string of the molecule is CC(C)(C)c1ccc(OCc2nc(-c3ccc([N+](=O)[O-])cc3)no2)c(Br)c1. The van der Waals surface area contributed by atoms with Crippen molar-refractivity contribution in [2.75, 3.05) is 0 Å². The largest absolute Gasteiger partial charge is 0.483 e. The predicted molar refractivity (Wildman–Crippen MR) is 104 cm³/mol. The van der Waals surface area contributed by atoms with Gasteiger partial charge in [0.15, 0.2) is 6.61 Å². The first-order valence-electron chi connectivity index (χ1n) is 8.24. The van der Waals surface area contributed by atoms with Gasteiger partial charge in [-0.05, 0) is 51.2 Å². The molecule has 3 rings (SSSR count). The van der Waals surface area contributed by atoms with Crippen molar-refractivity contribution in [3.05, 3.63) is 68.5 Å². The van der Waals surface area contributed by atoms with Crippen molar-refractivity contribution in [3.63, 3.8) is 0 Å². The van der Waals surface area contributed by atoms with Crippen LogP contribution in [-0.4, -0.2) is 15.1 Å². The number of non-ortho nitro benzene ring substituents is 1. The summed E-state index contributed by atoms with van der Waals surface area (Å²) >= 11 is 3.53. The average Bonchev–Trinajstić information content (AvgIpc) is 3.09. The first-order valence-corrected chi connectivity index (χ1v) is 9.03. The first-order chi connectivity index (χ1) is 12.7. The van der Waals surface area contributed by atoms with E-state index >= 15 is 0 Å². The maximum atomic E-state index is 10.7. The van der Waals surface area contributed by atoms with Gasteiger partial charge >= 0.3 is 0 Å². The first kappa shape index (κ1) is 19.0. The summed E-state index contributed by atoms with van der Waals surface area (Å²) < 4.78 is 11.8. The second-order valence-electron chi connectivity index (χ2n) is 7.00. The average molecular weight is 432 g/mol. The Bertz CT molecular complexity index is 962. The van der Waals surface area contributed by atoms with Gasteiger partial charge in [0, 0.05) is 17.7 Å². The third-order valence-corrected chi connectivity index (χ3v) is 4.57. The molecule has 0 unspecified atom stereocenters. The van der Waals surface area contributed by atoms with Crippen LogP contribution in [0.1, 0.15) is 32.2 Å². The van der Waals surface area contributed by atoms with E-state index in [2.05, 4.69) is 46.8 Å². The van der Waals surface area contributed by atoms with E-state index in [1.165, 1.54) is 17.7 Å². The fourth-order valence-corrected chi connectivity index (χ4v) is 2.88. The smallest absolute Gasteiger partial charge is 0.269 e. The minimum atomic E-state index is -0.456. The molecule has 0 fully saturated rings. The summed E-state index contributed by atoms with van der Waals surface area (Å²) in [5, 5.41) is 14.6. The summed E-state index contributed by atoms with van der Waals surface area (Å²) in [5.41, 5.74) is 1.88. The number of halogens is 1. The van der Waals surface area contributed by atoms with Crippen LogP contribution < -0.4 is 4.74 Å². The quantitative estimate of drug-likeness (QED) is 0.402. The normalized spacial score (nSPS) is 11.4. The number of hydrogen-bond acceptors (Lipinski definition) is 6. The number of benzene rings is 2. The highest BCUT2D eigenvalue weighted by molar-refractivity contribution is 9.10. The van der Waals surface area contributed by atoms with E-state index < -0.39 is 4.92 Å². The van der Waals surface area contributed by atoms with E-state index in [1.54, 1.807) is 12.1 Å². The molecule has 2 aromatic carbocycles. The van der Waals surface area contributed by atoms with E-state index in [0.29, 0.717) is 23.0 Å². The predicted octanol–water partition coefficient (Wildman–Crippen LogP) is 5.28. The minimum Gasteiger partial charge on any atom is -0.483 e. The molecular formula is C19H18BrN3O4. The molecule has 0 bridgehead atoms. The standard InChI is InChI=1S/C19H18BrN3O4/c1-19(2,3)13-6-9-16(15(20)10-13)26-11-17-21-18(22-27-17)12-4-7-14(8-5-12)23(24)25/h4-10H,11H2,1-3H3. The van der Waals surface area contributed by atoms with Gasteiger partial charge in [0.1, 0.15) is 5.75 Å². The molecule has 0 N–H and O–H groups in total. The van der Waals surface area contributed by atoms with Gasteiger partial charge in [-0.2, -0.15) is 4.98 Å². The Labute approximate surface area is 164 Å². The molecule has 1 aromatic heterocycles. The Hall–Kier alpha value is -2.74.